The molecule has 142 valence electrons. The van der Waals surface area contributed by atoms with E-state index in [0.29, 0.717) is 43.4 Å². The zero-order chi connectivity index (χ0) is 18.6. The molecule has 1 aromatic carbocycles. The van der Waals surface area contributed by atoms with Gasteiger partial charge in [0, 0.05) is 19.6 Å². The van der Waals surface area contributed by atoms with E-state index in [2.05, 4.69) is 15.5 Å². The van der Waals surface area contributed by atoms with Gasteiger partial charge in [0.1, 0.15) is 22.9 Å². The Kier molecular flexibility index (Phi) is 5.08. The second kappa shape index (κ2) is 7.81. The summed E-state index contributed by atoms with van der Waals surface area (Å²) in [5, 5.41) is 6.12. The Morgan fingerprint density at radius 3 is 2.33 bits per heavy atom. The highest BCUT2D eigenvalue weighted by Gasteiger charge is 2.27. The molecule has 0 unspecified atom stereocenters. The van der Waals surface area contributed by atoms with E-state index in [1.807, 2.05) is 12.1 Å². The van der Waals surface area contributed by atoms with Gasteiger partial charge in [0.15, 0.2) is 0 Å². The van der Waals surface area contributed by atoms with Crippen LogP contribution in [0.5, 0.6) is 0 Å². The SMILES string of the molecule is O=c1c(NCc2ccco2)c(NC[C@@H](c2ccco2)N2CCOCC2)c1=O. The molecular weight excluding hydrogens is 350 g/mol. The fraction of sp³-hybridized carbons (Fsp3) is 0.368. The molecule has 27 heavy (non-hydrogen) atoms. The molecule has 8 heteroatoms. The molecule has 0 spiro atoms. The molecule has 1 aliphatic heterocycles. The molecule has 0 radical (unpaired) electrons. The van der Waals surface area contributed by atoms with E-state index in [9.17, 15) is 9.59 Å². The minimum Gasteiger partial charge on any atom is -0.468 e. The molecule has 1 saturated heterocycles. The summed E-state index contributed by atoms with van der Waals surface area (Å²) in [6.45, 7) is 3.68. The zero-order valence-electron chi connectivity index (χ0n) is 14.8. The maximum atomic E-state index is 12.0. The van der Waals surface area contributed by atoms with Gasteiger partial charge in [-0.2, -0.15) is 0 Å². The quantitative estimate of drug-likeness (QED) is 0.576. The van der Waals surface area contributed by atoms with Crippen LogP contribution in [0.3, 0.4) is 0 Å². The van der Waals surface area contributed by atoms with Crippen LogP contribution in [0.2, 0.25) is 0 Å². The van der Waals surface area contributed by atoms with Crippen molar-refractivity contribution in [1.29, 1.82) is 0 Å². The summed E-state index contributed by atoms with van der Waals surface area (Å²) in [4.78, 5) is 26.2. The Morgan fingerprint density at radius 1 is 0.963 bits per heavy atom. The van der Waals surface area contributed by atoms with Crippen molar-refractivity contribution in [1.82, 2.24) is 4.90 Å². The van der Waals surface area contributed by atoms with Gasteiger partial charge in [0.2, 0.25) is 0 Å². The standard InChI is InChI=1S/C19H21N3O5/c23-18-16(20-11-13-3-1-7-26-13)17(19(18)24)21-12-14(15-4-2-8-27-15)22-5-9-25-10-6-22/h1-4,7-8,14,20-21H,5-6,9-12H2/t14-/m0/s1. The first-order valence-corrected chi connectivity index (χ1v) is 8.92. The Labute approximate surface area is 155 Å². The minimum absolute atomic E-state index is 0.0498. The molecule has 2 aromatic heterocycles. The highest BCUT2D eigenvalue weighted by Crippen LogP contribution is 2.24. The van der Waals surface area contributed by atoms with Crippen molar-refractivity contribution in [2.45, 2.75) is 12.6 Å². The van der Waals surface area contributed by atoms with Gasteiger partial charge in [-0.1, -0.05) is 0 Å². The van der Waals surface area contributed by atoms with Crippen LogP contribution >= 0.6 is 0 Å². The molecule has 0 amide bonds. The number of anilines is 2. The number of morpholine rings is 1. The summed E-state index contributed by atoms with van der Waals surface area (Å²) in [6, 6.07) is 7.29. The lowest BCUT2D eigenvalue weighted by atomic mass is 10.1. The number of nitrogens with zero attached hydrogens (tertiary/aromatic N) is 1. The summed E-state index contributed by atoms with van der Waals surface area (Å²) in [7, 11) is 0. The third-order valence-corrected chi connectivity index (χ3v) is 4.76. The maximum Gasteiger partial charge on any atom is 0.253 e. The summed E-state index contributed by atoms with van der Waals surface area (Å²) in [6.07, 6.45) is 3.20. The van der Waals surface area contributed by atoms with E-state index >= 15 is 0 Å². The topological polar surface area (TPSA) is 96.9 Å². The maximum absolute atomic E-state index is 12.0. The van der Waals surface area contributed by atoms with Gasteiger partial charge in [-0.3, -0.25) is 14.5 Å². The second-order valence-electron chi connectivity index (χ2n) is 6.40. The molecule has 1 fully saturated rings. The molecule has 1 atom stereocenters. The summed E-state index contributed by atoms with van der Waals surface area (Å²) in [5.41, 5.74) is -0.393. The lowest BCUT2D eigenvalue weighted by Crippen LogP contribution is -2.43. The monoisotopic (exact) mass is 371 g/mol. The van der Waals surface area contributed by atoms with Crippen LogP contribution < -0.4 is 21.5 Å². The van der Waals surface area contributed by atoms with E-state index in [0.717, 1.165) is 18.8 Å². The minimum atomic E-state index is -0.509. The normalized spacial score (nSPS) is 16.4. The Balaban J connectivity index is 1.45. The number of furan rings is 2. The van der Waals surface area contributed by atoms with Crippen molar-refractivity contribution in [2.24, 2.45) is 0 Å². The van der Waals surface area contributed by atoms with Crippen molar-refractivity contribution < 1.29 is 13.6 Å². The van der Waals surface area contributed by atoms with E-state index in [-0.39, 0.29) is 6.04 Å². The number of hydrogen-bond donors (Lipinski definition) is 2. The van der Waals surface area contributed by atoms with Crippen molar-refractivity contribution in [3.63, 3.8) is 0 Å². The molecular formula is C19H21N3O5. The second-order valence-corrected chi connectivity index (χ2v) is 6.40. The summed E-state index contributed by atoms with van der Waals surface area (Å²) < 4.78 is 16.3. The van der Waals surface area contributed by atoms with Crippen LogP contribution in [0.4, 0.5) is 11.4 Å². The molecule has 0 aliphatic carbocycles. The van der Waals surface area contributed by atoms with Crippen LogP contribution in [-0.4, -0.2) is 37.7 Å². The van der Waals surface area contributed by atoms with Gasteiger partial charge in [0.25, 0.3) is 10.9 Å². The number of nitrogens with one attached hydrogen (secondary N) is 2. The van der Waals surface area contributed by atoms with Crippen LogP contribution in [0.1, 0.15) is 17.6 Å². The molecule has 3 aromatic rings. The Morgan fingerprint density at radius 2 is 1.67 bits per heavy atom. The van der Waals surface area contributed by atoms with Gasteiger partial charge in [-0.25, -0.2) is 0 Å². The molecule has 3 heterocycles. The van der Waals surface area contributed by atoms with Crippen molar-refractivity contribution in [2.75, 3.05) is 43.5 Å². The first-order valence-electron chi connectivity index (χ1n) is 8.92. The third kappa shape index (κ3) is 3.67. The molecule has 2 N–H and O–H groups in total. The number of hydrogen-bond acceptors (Lipinski definition) is 8. The van der Waals surface area contributed by atoms with Crippen LogP contribution in [0.15, 0.2) is 55.2 Å². The third-order valence-electron chi connectivity index (χ3n) is 4.76. The first-order chi connectivity index (χ1) is 13.2. The summed E-state index contributed by atoms with van der Waals surface area (Å²) >= 11 is 0. The van der Waals surface area contributed by atoms with Crippen molar-refractivity contribution >= 4 is 11.4 Å². The molecule has 8 nitrogen and oxygen atoms in total. The van der Waals surface area contributed by atoms with E-state index in [1.54, 1.807) is 24.7 Å². The molecule has 4 rings (SSSR count). The smallest absolute Gasteiger partial charge is 0.253 e. The Hall–Kier alpha value is -2.84. The lowest BCUT2D eigenvalue weighted by Gasteiger charge is -2.33. The van der Waals surface area contributed by atoms with Gasteiger partial charge in [-0.15, -0.1) is 0 Å². The highest BCUT2D eigenvalue weighted by molar-refractivity contribution is 5.74. The van der Waals surface area contributed by atoms with Crippen molar-refractivity contribution in [3.05, 3.63) is 68.8 Å². The van der Waals surface area contributed by atoms with Crippen LogP contribution in [0, 0.1) is 0 Å². The predicted molar refractivity (Wildman–Crippen MR) is 99.7 cm³/mol. The predicted octanol–water partition coefficient (Wildman–Crippen LogP) is 1.57. The van der Waals surface area contributed by atoms with E-state index in [1.165, 1.54) is 0 Å². The average Bonchev–Trinajstić information content (AvgIpc) is 3.41. The highest BCUT2D eigenvalue weighted by atomic mass is 16.5. The van der Waals surface area contributed by atoms with Crippen LogP contribution in [0.25, 0.3) is 0 Å². The van der Waals surface area contributed by atoms with E-state index < -0.39 is 10.9 Å². The number of rotatable bonds is 8. The van der Waals surface area contributed by atoms with Gasteiger partial charge in [0.05, 0.1) is 38.3 Å². The largest absolute Gasteiger partial charge is 0.468 e. The molecule has 0 saturated carbocycles. The fourth-order valence-electron chi connectivity index (χ4n) is 3.30. The van der Waals surface area contributed by atoms with Crippen LogP contribution in [-0.2, 0) is 11.3 Å². The van der Waals surface area contributed by atoms with Gasteiger partial charge < -0.3 is 24.2 Å². The zero-order valence-corrected chi connectivity index (χ0v) is 14.8. The van der Waals surface area contributed by atoms with Gasteiger partial charge in [-0.05, 0) is 24.3 Å². The van der Waals surface area contributed by atoms with Crippen molar-refractivity contribution in [3.8, 4) is 0 Å². The number of ether oxygens (including phenoxy) is 1. The summed E-state index contributed by atoms with van der Waals surface area (Å²) in [5.74, 6) is 1.50. The average molecular weight is 371 g/mol. The molecule has 0 bridgehead atoms. The lowest BCUT2D eigenvalue weighted by molar-refractivity contribution is 0.0144. The molecule has 1 aliphatic rings. The Bertz CT molecular complexity index is 920. The first kappa shape index (κ1) is 17.6. The van der Waals surface area contributed by atoms with E-state index in [4.69, 9.17) is 13.6 Å². The fourth-order valence-corrected chi connectivity index (χ4v) is 3.30. The van der Waals surface area contributed by atoms with Gasteiger partial charge >= 0.3 is 0 Å².